The van der Waals surface area contributed by atoms with Gasteiger partial charge in [-0.3, -0.25) is 18.6 Å². The molecular weight excluding hydrogens is 458 g/mol. The molecule has 1 aliphatic heterocycles. The first-order chi connectivity index (χ1) is 16.0. The highest BCUT2D eigenvalue weighted by Crippen LogP contribution is 2.34. The van der Waals surface area contributed by atoms with Crippen molar-refractivity contribution in [1.82, 2.24) is 5.32 Å². The van der Waals surface area contributed by atoms with Gasteiger partial charge in [-0.1, -0.05) is 17.7 Å². The van der Waals surface area contributed by atoms with Crippen molar-refractivity contribution in [3.63, 3.8) is 0 Å². The van der Waals surface area contributed by atoms with E-state index < -0.39 is 33.9 Å². The first kappa shape index (κ1) is 25.2. The first-order valence-corrected chi connectivity index (χ1v) is 12.2. The number of carbonyl (C=O) groups excluding carboxylic acids is 3. The van der Waals surface area contributed by atoms with Crippen LogP contribution in [0.2, 0.25) is 0 Å². The Bertz CT molecular complexity index is 1090. The number of aryl methyl sites for hydroxylation is 1. The lowest BCUT2D eigenvalue weighted by atomic mass is 10.1. The smallest absolute Gasteiger partial charge is 0.240 e. The molecule has 182 valence electrons. The molecular formula is C24H29N3O6S. The molecule has 10 heteroatoms. The molecule has 0 radical (unpaired) electrons. The van der Waals surface area contributed by atoms with Crippen LogP contribution < -0.4 is 25.0 Å². The van der Waals surface area contributed by atoms with Gasteiger partial charge in [-0.05, 0) is 52.0 Å². The van der Waals surface area contributed by atoms with Gasteiger partial charge in [0, 0.05) is 33.8 Å². The zero-order valence-corrected chi connectivity index (χ0v) is 20.5. The predicted octanol–water partition coefficient (Wildman–Crippen LogP) is 2.36. The summed E-state index contributed by atoms with van der Waals surface area (Å²) in [4.78, 5) is 39.1. The fourth-order valence-electron chi connectivity index (χ4n) is 3.23. The maximum Gasteiger partial charge on any atom is 0.240 e. The standard InChI is InChI=1S/C24H29N3O6S/c1-16-5-8-18(9-6-16)27(12-21(28)26-24(2,3)4)23(30)14-34(31)13-22(29)25-17-7-10-19-20(11-17)33-15-32-19/h5-11H,12-15H2,1-4H3,(H,25,29)(H,26,28)/t34-/m0/s1. The van der Waals surface area contributed by atoms with Gasteiger partial charge in [0.1, 0.15) is 18.1 Å². The van der Waals surface area contributed by atoms with Crippen molar-refractivity contribution < 1.29 is 28.1 Å². The van der Waals surface area contributed by atoms with Crippen molar-refractivity contribution in [2.75, 3.05) is 35.1 Å². The summed E-state index contributed by atoms with van der Waals surface area (Å²) in [6, 6.07) is 12.0. The van der Waals surface area contributed by atoms with Gasteiger partial charge in [-0.15, -0.1) is 0 Å². The van der Waals surface area contributed by atoms with E-state index in [0.717, 1.165) is 5.56 Å². The summed E-state index contributed by atoms with van der Waals surface area (Å²) in [6.07, 6.45) is 0. The maximum atomic E-state index is 13.0. The number of fused-ring (bicyclic) bond motifs is 1. The molecule has 0 spiro atoms. The molecule has 0 bridgehead atoms. The van der Waals surface area contributed by atoms with Gasteiger partial charge in [0.2, 0.25) is 24.5 Å². The van der Waals surface area contributed by atoms with E-state index in [1.54, 1.807) is 30.3 Å². The molecule has 0 saturated heterocycles. The second-order valence-electron chi connectivity index (χ2n) is 8.96. The van der Waals surface area contributed by atoms with Gasteiger partial charge in [0.25, 0.3) is 0 Å². The highest BCUT2D eigenvalue weighted by Gasteiger charge is 2.24. The molecule has 1 heterocycles. The summed E-state index contributed by atoms with van der Waals surface area (Å²) >= 11 is 0. The number of carbonyl (C=O) groups is 3. The Hall–Kier alpha value is -3.40. The number of benzene rings is 2. The van der Waals surface area contributed by atoms with Gasteiger partial charge in [-0.2, -0.15) is 0 Å². The van der Waals surface area contributed by atoms with E-state index in [-0.39, 0.29) is 25.0 Å². The van der Waals surface area contributed by atoms with E-state index in [9.17, 15) is 18.6 Å². The van der Waals surface area contributed by atoms with E-state index in [4.69, 9.17) is 9.47 Å². The lowest BCUT2D eigenvalue weighted by Gasteiger charge is -2.26. The second kappa shape index (κ2) is 10.7. The normalized spacial score (nSPS) is 13.2. The van der Waals surface area contributed by atoms with Crippen LogP contribution in [0.3, 0.4) is 0 Å². The molecule has 9 nitrogen and oxygen atoms in total. The Labute approximate surface area is 201 Å². The summed E-state index contributed by atoms with van der Waals surface area (Å²) < 4.78 is 23.1. The Kier molecular flexibility index (Phi) is 7.93. The van der Waals surface area contributed by atoms with Gasteiger partial charge in [0.15, 0.2) is 11.5 Å². The number of ether oxygens (including phenoxy) is 2. The van der Waals surface area contributed by atoms with E-state index in [1.165, 1.54) is 4.90 Å². The van der Waals surface area contributed by atoms with Crippen molar-refractivity contribution >= 4 is 39.9 Å². The zero-order chi connectivity index (χ0) is 24.9. The number of amides is 3. The molecule has 34 heavy (non-hydrogen) atoms. The van der Waals surface area contributed by atoms with Crippen molar-refractivity contribution in [3.05, 3.63) is 48.0 Å². The summed E-state index contributed by atoms with van der Waals surface area (Å²) in [6.45, 7) is 7.34. The van der Waals surface area contributed by atoms with Crippen molar-refractivity contribution in [3.8, 4) is 11.5 Å². The largest absolute Gasteiger partial charge is 0.454 e. The molecule has 3 amide bonds. The highest BCUT2D eigenvalue weighted by atomic mass is 32.2. The van der Waals surface area contributed by atoms with Gasteiger partial charge in [0.05, 0.1) is 0 Å². The van der Waals surface area contributed by atoms with Crippen LogP contribution in [0, 0.1) is 6.92 Å². The van der Waals surface area contributed by atoms with Gasteiger partial charge >= 0.3 is 0 Å². The lowest BCUT2D eigenvalue weighted by Crippen LogP contribution is -2.48. The molecule has 1 atom stereocenters. The van der Waals surface area contributed by atoms with Crippen molar-refractivity contribution in [1.29, 1.82) is 0 Å². The lowest BCUT2D eigenvalue weighted by molar-refractivity contribution is -0.124. The summed E-state index contributed by atoms with van der Waals surface area (Å²) in [5, 5.41) is 5.47. The summed E-state index contributed by atoms with van der Waals surface area (Å²) in [5.41, 5.74) is 1.52. The monoisotopic (exact) mass is 487 g/mol. The third-order valence-corrected chi connectivity index (χ3v) is 5.85. The van der Waals surface area contributed by atoms with E-state index in [1.807, 2.05) is 39.8 Å². The number of rotatable bonds is 8. The number of anilines is 2. The SMILES string of the molecule is Cc1ccc(N(CC(=O)NC(C)(C)C)C(=O)C[S@@](=O)CC(=O)Nc2ccc3c(c2)OCO3)cc1. The van der Waals surface area contributed by atoms with Crippen LogP contribution >= 0.6 is 0 Å². The van der Waals surface area contributed by atoms with Crippen molar-refractivity contribution in [2.24, 2.45) is 0 Å². The minimum absolute atomic E-state index is 0.115. The Morgan fingerprint density at radius 1 is 0.971 bits per heavy atom. The molecule has 3 rings (SSSR count). The Morgan fingerprint density at radius 3 is 2.32 bits per heavy atom. The quantitative estimate of drug-likeness (QED) is 0.591. The Balaban J connectivity index is 1.62. The molecule has 0 saturated carbocycles. The van der Waals surface area contributed by atoms with E-state index in [0.29, 0.717) is 22.9 Å². The van der Waals surface area contributed by atoms with Crippen LogP contribution in [0.1, 0.15) is 26.3 Å². The minimum Gasteiger partial charge on any atom is -0.454 e. The molecule has 0 aliphatic carbocycles. The number of hydrogen-bond acceptors (Lipinski definition) is 6. The van der Waals surface area contributed by atoms with Gasteiger partial charge < -0.3 is 25.0 Å². The number of nitrogens with zero attached hydrogens (tertiary/aromatic N) is 1. The summed E-state index contributed by atoms with van der Waals surface area (Å²) in [5.74, 6) is -1.02. The molecule has 0 unspecified atom stereocenters. The van der Waals surface area contributed by atoms with Crippen LogP contribution in [-0.2, 0) is 25.2 Å². The zero-order valence-electron chi connectivity index (χ0n) is 19.7. The topological polar surface area (TPSA) is 114 Å². The average Bonchev–Trinajstić information content (AvgIpc) is 3.19. The fourth-order valence-corrected chi connectivity index (χ4v) is 4.13. The predicted molar refractivity (Wildman–Crippen MR) is 130 cm³/mol. The van der Waals surface area contributed by atoms with Crippen LogP contribution in [0.25, 0.3) is 0 Å². The highest BCUT2D eigenvalue weighted by molar-refractivity contribution is 7.86. The molecule has 0 fully saturated rings. The van der Waals surface area contributed by atoms with Crippen LogP contribution in [-0.4, -0.2) is 52.3 Å². The molecule has 2 aromatic rings. The maximum absolute atomic E-state index is 13.0. The molecule has 1 aliphatic rings. The minimum atomic E-state index is -1.78. The summed E-state index contributed by atoms with van der Waals surface area (Å²) in [7, 11) is -1.78. The van der Waals surface area contributed by atoms with E-state index in [2.05, 4.69) is 10.6 Å². The van der Waals surface area contributed by atoms with Crippen LogP contribution in [0.15, 0.2) is 42.5 Å². The second-order valence-corrected chi connectivity index (χ2v) is 10.4. The van der Waals surface area contributed by atoms with Gasteiger partial charge in [-0.25, -0.2) is 0 Å². The van der Waals surface area contributed by atoms with Crippen LogP contribution in [0.5, 0.6) is 11.5 Å². The molecule has 0 aromatic heterocycles. The first-order valence-electron chi connectivity index (χ1n) is 10.7. The van der Waals surface area contributed by atoms with Crippen molar-refractivity contribution in [2.45, 2.75) is 33.2 Å². The number of nitrogens with one attached hydrogen (secondary N) is 2. The third-order valence-electron chi connectivity index (χ3n) is 4.70. The third kappa shape index (κ3) is 7.31. The average molecular weight is 488 g/mol. The molecule has 2 aromatic carbocycles. The number of hydrogen-bond donors (Lipinski definition) is 2. The molecule has 2 N–H and O–H groups in total. The fraction of sp³-hybridized carbons (Fsp3) is 0.375. The van der Waals surface area contributed by atoms with Crippen LogP contribution in [0.4, 0.5) is 11.4 Å². The van der Waals surface area contributed by atoms with E-state index >= 15 is 0 Å². The Morgan fingerprint density at radius 2 is 1.65 bits per heavy atom.